The largest absolute Gasteiger partial charge is 0.372 e. The predicted octanol–water partition coefficient (Wildman–Crippen LogP) is 1.46. The molecule has 1 aromatic heterocycles. The second-order valence-electron chi connectivity index (χ2n) is 5.22. The molecule has 2 heterocycles. The molecule has 1 aromatic rings. The molecular formula is C13H21N3O. The lowest BCUT2D eigenvalue weighted by Crippen LogP contribution is -2.48. The first-order chi connectivity index (χ1) is 8.02. The van der Waals surface area contributed by atoms with E-state index >= 15 is 0 Å². The minimum Gasteiger partial charge on any atom is -0.372 e. The Kier molecular flexibility index (Phi) is 3.35. The van der Waals surface area contributed by atoms with E-state index in [0.717, 1.165) is 31.1 Å². The van der Waals surface area contributed by atoms with E-state index in [4.69, 9.17) is 10.5 Å². The van der Waals surface area contributed by atoms with Crippen molar-refractivity contribution < 1.29 is 4.74 Å². The first kappa shape index (κ1) is 12.3. The summed E-state index contributed by atoms with van der Waals surface area (Å²) in [6.07, 6.45) is 1.87. The van der Waals surface area contributed by atoms with Crippen LogP contribution in [0.5, 0.6) is 0 Å². The van der Waals surface area contributed by atoms with E-state index in [-0.39, 0.29) is 5.60 Å². The van der Waals surface area contributed by atoms with Crippen molar-refractivity contribution in [3.63, 3.8) is 0 Å². The van der Waals surface area contributed by atoms with Crippen LogP contribution in [0.4, 0.5) is 5.82 Å². The first-order valence-corrected chi connectivity index (χ1v) is 6.06. The normalized spacial score (nSPS) is 19.4. The fraction of sp³-hybridized carbons (Fsp3) is 0.615. The molecule has 0 aliphatic carbocycles. The van der Waals surface area contributed by atoms with Crippen molar-refractivity contribution in [2.24, 2.45) is 5.73 Å². The third kappa shape index (κ3) is 2.76. The maximum atomic E-state index is 5.71. The van der Waals surface area contributed by atoms with Gasteiger partial charge in [0.2, 0.25) is 0 Å². The molecule has 94 valence electrons. The van der Waals surface area contributed by atoms with E-state index in [1.165, 1.54) is 5.56 Å². The third-order valence-corrected chi connectivity index (χ3v) is 3.07. The maximum Gasteiger partial charge on any atom is 0.131 e. The zero-order valence-corrected chi connectivity index (χ0v) is 10.9. The lowest BCUT2D eigenvalue weighted by molar-refractivity contribution is -0.0279. The SMILES string of the molecule is Cc1cc(CN)cnc1N1CCOC(C)(C)C1. The van der Waals surface area contributed by atoms with Gasteiger partial charge in [0.25, 0.3) is 0 Å². The van der Waals surface area contributed by atoms with Crippen molar-refractivity contribution in [3.05, 3.63) is 23.4 Å². The van der Waals surface area contributed by atoms with E-state index in [1.807, 2.05) is 6.20 Å². The summed E-state index contributed by atoms with van der Waals surface area (Å²) in [5.41, 5.74) is 7.79. The van der Waals surface area contributed by atoms with E-state index in [0.29, 0.717) is 6.54 Å². The van der Waals surface area contributed by atoms with Gasteiger partial charge in [-0.15, -0.1) is 0 Å². The summed E-state index contributed by atoms with van der Waals surface area (Å²) in [4.78, 5) is 6.82. The molecule has 0 bridgehead atoms. The standard InChI is InChI=1S/C13H21N3O/c1-10-6-11(7-14)8-15-12(10)16-4-5-17-13(2,3)9-16/h6,8H,4-5,7,9,14H2,1-3H3. The van der Waals surface area contributed by atoms with Gasteiger partial charge in [-0.25, -0.2) is 4.98 Å². The highest BCUT2D eigenvalue weighted by Gasteiger charge is 2.28. The molecule has 2 rings (SSSR count). The molecule has 0 radical (unpaired) electrons. The number of rotatable bonds is 2. The molecule has 1 fully saturated rings. The summed E-state index contributed by atoms with van der Waals surface area (Å²) < 4.78 is 5.71. The van der Waals surface area contributed by atoms with Crippen LogP contribution in [-0.4, -0.2) is 30.3 Å². The van der Waals surface area contributed by atoms with Gasteiger partial charge in [-0.05, 0) is 38.0 Å². The maximum absolute atomic E-state index is 5.71. The second kappa shape index (κ2) is 4.63. The van der Waals surface area contributed by atoms with Crippen LogP contribution >= 0.6 is 0 Å². The van der Waals surface area contributed by atoms with Gasteiger partial charge in [-0.1, -0.05) is 0 Å². The van der Waals surface area contributed by atoms with Gasteiger partial charge in [-0.2, -0.15) is 0 Å². The number of hydrogen-bond donors (Lipinski definition) is 1. The van der Waals surface area contributed by atoms with Crippen LogP contribution in [0.25, 0.3) is 0 Å². The number of morpholine rings is 1. The van der Waals surface area contributed by atoms with Crippen LogP contribution in [0.15, 0.2) is 12.3 Å². The Labute approximate surface area is 103 Å². The Hall–Kier alpha value is -1.13. The minimum atomic E-state index is -0.0983. The number of hydrogen-bond acceptors (Lipinski definition) is 4. The summed E-state index contributed by atoms with van der Waals surface area (Å²) in [7, 11) is 0. The molecule has 0 saturated carbocycles. The molecule has 0 spiro atoms. The first-order valence-electron chi connectivity index (χ1n) is 6.06. The molecule has 4 nitrogen and oxygen atoms in total. The molecule has 1 aliphatic rings. The molecule has 0 unspecified atom stereocenters. The minimum absolute atomic E-state index is 0.0983. The van der Waals surface area contributed by atoms with Gasteiger partial charge in [0.1, 0.15) is 5.82 Å². The number of anilines is 1. The highest BCUT2D eigenvalue weighted by atomic mass is 16.5. The lowest BCUT2D eigenvalue weighted by atomic mass is 10.1. The van der Waals surface area contributed by atoms with Crippen LogP contribution in [0.3, 0.4) is 0 Å². The zero-order chi connectivity index (χ0) is 12.5. The van der Waals surface area contributed by atoms with E-state index < -0.39 is 0 Å². The van der Waals surface area contributed by atoms with Crippen LogP contribution in [0, 0.1) is 6.92 Å². The summed E-state index contributed by atoms with van der Waals surface area (Å²) in [6, 6.07) is 2.12. The van der Waals surface area contributed by atoms with Gasteiger partial charge in [0.15, 0.2) is 0 Å². The number of pyridine rings is 1. The van der Waals surface area contributed by atoms with Crippen molar-refractivity contribution in [2.75, 3.05) is 24.6 Å². The number of aromatic nitrogens is 1. The number of ether oxygens (including phenoxy) is 1. The van der Waals surface area contributed by atoms with Crippen LogP contribution in [0.2, 0.25) is 0 Å². The number of nitrogens with two attached hydrogens (primary N) is 1. The smallest absolute Gasteiger partial charge is 0.131 e. The van der Waals surface area contributed by atoms with Crippen LogP contribution in [0.1, 0.15) is 25.0 Å². The summed E-state index contributed by atoms with van der Waals surface area (Å²) in [5.74, 6) is 1.05. The number of aryl methyl sites for hydroxylation is 1. The van der Waals surface area contributed by atoms with Gasteiger partial charge < -0.3 is 15.4 Å². The van der Waals surface area contributed by atoms with Crippen molar-refractivity contribution >= 4 is 5.82 Å². The second-order valence-corrected chi connectivity index (χ2v) is 5.22. The quantitative estimate of drug-likeness (QED) is 0.843. The monoisotopic (exact) mass is 235 g/mol. The molecule has 2 N–H and O–H groups in total. The van der Waals surface area contributed by atoms with E-state index in [1.54, 1.807) is 0 Å². The Bertz CT molecular complexity index is 404. The molecule has 0 atom stereocenters. The average Bonchev–Trinajstić information content (AvgIpc) is 2.27. The van der Waals surface area contributed by atoms with Crippen LogP contribution < -0.4 is 10.6 Å². The van der Waals surface area contributed by atoms with Crippen molar-refractivity contribution in [3.8, 4) is 0 Å². The van der Waals surface area contributed by atoms with Crippen LogP contribution in [-0.2, 0) is 11.3 Å². The van der Waals surface area contributed by atoms with Crippen molar-refractivity contribution in [1.82, 2.24) is 4.98 Å². The lowest BCUT2D eigenvalue weighted by Gasteiger charge is -2.39. The molecule has 1 aliphatic heterocycles. The summed E-state index contributed by atoms with van der Waals surface area (Å²) in [6.45, 7) is 9.40. The topological polar surface area (TPSA) is 51.4 Å². The highest BCUT2D eigenvalue weighted by molar-refractivity contribution is 5.48. The Morgan fingerprint density at radius 2 is 2.29 bits per heavy atom. The molecule has 17 heavy (non-hydrogen) atoms. The zero-order valence-electron chi connectivity index (χ0n) is 10.9. The van der Waals surface area contributed by atoms with E-state index in [2.05, 4.69) is 36.7 Å². The third-order valence-electron chi connectivity index (χ3n) is 3.07. The van der Waals surface area contributed by atoms with Crippen molar-refractivity contribution in [1.29, 1.82) is 0 Å². The van der Waals surface area contributed by atoms with E-state index in [9.17, 15) is 0 Å². The fourth-order valence-corrected chi connectivity index (χ4v) is 2.27. The highest BCUT2D eigenvalue weighted by Crippen LogP contribution is 2.24. The fourth-order valence-electron chi connectivity index (χ4n) is 2.27. The number of nitrogens with zero attached hydrogens (tertiary/aromatic N) is 2. The van der Waals surface area contributed by atoms with Gasteiger partial charge >= 0.3 is 0 Å². The van der Waals surface area contributed by atoms with Crippen molar-refractivity contribution in [2.45, 2.75) is 32.9 Å². The summed E-state index contributed by atoms with van der Waals surface area (Å²) >= 11 is 0. The Morgan fingerprint density at radius 3 is 2.88 bits per heavy atom. The molecular weight excluding hydrogens is 214 g/mol. The van der Waals surface area contributed by atoms with Gasteiger partial charge in [-0.3, -0.25) is 0 Å². The molecule has 0 amide bonds. The Morgan fingerprint density at radius 1 is 1.53 bits per heavy atom. The average molecular weight is 235 g/mol. The summed E-state index contributed by atoms with van der Waals surface area (Å²) in [5, 5.41) is 0. The predicted molar refractivity (Wildman–Crippen MR) is 69.1 cm³/mol. The molecule has 4 heteroatoms. The Balaban J connectivity index is 2.22. The molecule has 1 saturated heterocycles. The molecule has 0 aromatic carbocycles. The van der Waals surface area contributed by atoms with Gasteiger partial charge in [0, 0.05) is 25.8 Å². The van der Waals surface area contributed by atoms with Gasteiger partial charge in [0.05, 0.1) is 12.2 Å².